The number of hydrogen-bond donors (Lipinski definition) is 4. The predicted molar refractivity (Wildman–Crippen MR) is 97.1 cm³/mol. The second-order valence-electron chi connectivity index (χ2n) is 5.08. The van der Waals surface area contributed by atoms with Crippen LogP contribution in [0.25, 0.3) is 0 Å². The first-order chi connectivity index (χ1) is 10.8. The van der Waals surface area contributed by atoms with E-state index in [0.29, 0.717) is 0 Å². The number of benzene rings is 2. The van der Waals surface area contributed by atoms with Gasteiger partial charge >= 0.3 is 0 Å². The van der Waals surface area contributed by atoms with Crippen LogP contribution in [0, 0.1) is 0 Å². The normalized spacial score (nSPS) is 10.7. The second kappa shape index (κ2) is 8.62. The lowest BCUT2D eigenvalue weighted by Crippen LogP contribution is -2.03. The van der Waals surface area contributed by atoms with E-state index < -0.39 is 0 Å². The van der Waals surface area contributed by atoms with Crippen LogP contribution in [-0.4, -0.2) is 13.1 Å². The molecule has 0 saturated carbocycles. The van der Waals surface area contributed by atoms with Gasteiger partial charge in [-0.15, -0.1) is 0 Å². The van der Waals surface area contributed by atoms with E-state index in [4.69, 9.17) is 11.5 Å². The lowest BCUT2D eigenvalue weighted by Gasteiger charge is -2.08. The molecule has 0 atom stereocenters. The largest absolute Gasteiger partial charge is 0.397 e. The van der Waals surface area contributed by atoms with Crippen molar-refractivity contribution in [1.82, 2.24) is 0 Å². The van der Waals surface area contributed by atoms with Crippen molar-refractivity contribution in [2.75, 3.05) is 35.2 Å². The van der Waals surface area contributed by atoms with Gasteiger partial charge in [-0.25, -0.2) is 0 Å². The monoisotopic (exact) mass is 296 g/mol. The molecule has 0 aliphatic rings. The van der Waals surface area contributed by atoms with Crippen LogP contribution in [0.2, 0.25) is 0 Å². The number of anilines is 4. The molecule has 0 heterocycles. The summed E-state index contributed by atoms with van der Waals surface area (Å²) in [6, 6.07) is 15.6. The molecule has 0 aromatic heterocycles. The Hall–Kier alpha value is -2.62. The minimum atomic E-state index is 0.788. The van der Waals surface area contributed by atoms with Crippen LogP contribution >= 0.6 is 0 Å². The third kappa shape index (κ3) is 5.05. The van der Waals surface area contributed by atoms with Crippen molar-refractivity contribution in [2.24, 2.45) is 0 Å². The summed E-state index contributed by atoms with van der Waals surface area (Å²) in [5.74, 6) is 0. The number of nitrogen functional groups attached to an aromatic ring is 2. The minimum Gasteiger partial charge on any atom is -0.397 e. The molecule has 0 bridgehead atoms. The van der Waals surface area contributed by atoms with E-state index in [1.165, 1.54) is 0 Å². The van der Waals surface area contributed by atoms with E-state index in [1.807, 2.05) is 48.5 Å². The van der Waals surface area contributed by atoms with Gasteiger partial charge in [0.15, 0.2) is 0 Å². The number of hydrogen-bond acceptors (Lipinski definition) is 4. The van der Waals surface area contributed by atoms with Crippen molar-refractivity contribution in [2.45, 2.75) is 12.8 Å². The van der Waals surface area contributed by atoms with E-state index in [1.54, 1.807) is 0 Å². The zero-order valence-electron chi connectivity index (χ0n) is 12.8. The molecule has 22 heavy (non-hydrogen) atoms. The lowest BCUT2D eigenvalue weighted by molar-refractivity contribution is 1.02. The molecule has 2 aromatic rings. The topological polar surface area (TPSA) is 76.1 Å². The molecule has 4 nitrogen and oxygen atoms in total. The molecule has 0 saturated heterocycles. The Morgan fingerprint density at radius 3 is 1.50 bits per heavy atom. The van der Waals surface area contributed by atoms with Crippen LogP contribution in [-0.2, 0) is 0 Å². The minimum absolute atomic E-state index is 0.788. The highest BCUT2D eigenvalue weighted by Crippen LogP contribution is 2.17. The van der Waals surface area contributed by atoms with Gasteiger partial charge in [0.1, 0.15) is 0 Å². The summed E-state index contributed by atoms with van der Waals surface area (Å²) in [6.07, 6.45) is 6.31. The van der Waals surface area contributed by atoms with E-state index in [2.05, 4.69) is 22.8 Å². The molecular formula is C18H24N4. The maximum atomic E-state index is 5.87. The van der Waals surface area contributed by atoms with Crippen LogP contribution in [0.5, 0.6) is 0 Å². The van der Waals surface area contributed by atoms with E-state index in [-0.39, 0.29) is 0 Å². The Labute approximate surface area is 132 Å². The highest BCUT2D eigenvalue weighted by Gasteiger charge is 1.95. The van der Waals surface area contributed by atoms with Crippen molar-refractivity contribution in [3.8, 4) is 0 Å². The van der Waals surface area contributed by atoms with Gasteiger partial charge in [-0.3, -0.25) is 0 Å². The van der Waals surface area contributed by atoms with Crippen molar-refractivity contribution in [3.05, 3.63) is 60.7 Å². The Morgan fingerprint density at radius 2 is 1.09 bits per heavy atom. The van der Waals surface area contributed by atoms with E-state index >= 15 is 0 Å². The summed E-state index contributed by atoms with van der Waals surface area (Å²) in [4.78, 5) is 0. The van der Waals surface area contributed by atoms with E-state index in [0.717, 1.165) is 48.7 Å². The molecule has 2 aromatic carbocycles. The van der Waals surface area contributed by atoms with Crippen LogP contribution in [0.15, 0.2) is 60.7 Å². The van der Waals surface area contributed by atoms with Gasteiger partial charge in [0, 0.05) is 13.1 Å². The predicted octanol–water partition coefficient (Wildman–Crippen LogP) is 3.71. The third-order valence-electron chi connectivity index (χ3n) is 3.34. The molecule has 6 N–H and O–H groups in total. The molecule has 0 aliphatic heterocycles. The van der Waals surface area contributed by atoms with Gasteiger partial charge in [-0.2, -0.15) is 0 Å². The number of para-hydroxylation sites is 4. The summed E-state index contributed by atoms with van der Waals surface area (Å²) in [5, 5.41) is 6.66. The zero-order valence-corrected chi connectivity index (χ0v) is 12.8. The van der Waals surface area contributed by atoms with E-state index in [9.17, 15) is 0 Å². The smallest absolute Gasteiger partial charge is 0.0574 e. The maximum Gasteiger partial charge on any atom is 0.0574 e. The average molecular weight is 296 g/mol. The van der Waals surface area contributed by atoms with Crippen LogP contribution < -0.4 is 22.1 Å². The summed E-state index contributed by atoms with van der Waals surface area (Å²) in [7, 11) is 0. The molecule has 2 rings (SSSR count). The summed E-state index contributed by atoms with van der Waals surface area (Å²) in [5.41, 5.74) is 15.3. The Bertz CT molecular complexity index is 554. The Balaban J connectivity index is 1.59. The van der Waals surface area contributed by atoms with Gasteiger partial charge in [-0.1, -0.05) is 36.4 Å². The first-order valence-electron chi connectivity index (χ1n) is 7.59. The van der Waals surface area contributed by atoms with Crippen molar-refractivity contribution in [1.29, 1.82) is 0 Å². The van der Waals surface area contributed by atoms with Crippen LogP contribution in [0.3, 0.4) is 0 Å². The van der Waals surface area contributed by atoms with Crippen molar-refractivity contribution in [3.63, 3.8) is 0 Å². The Morgan fingerprint density at radius 1 is 0.682 bits per heavy atom. The van der Waals surface area contributed by atoms with Gasteiger partial charge in [0.05, 0.1) is 22.7 Å². The first kappa shape index (κ1) is 15.8. The lowest BCUT2D eigenvalue weighted by atomic mass is 10.2. The molecular weight excluding hydrogens is 272 g/mol. The summed E-state index contributed by atoms with van der Waals surface area (Å²) >= 11 is 0. The fourth-order valence-electron chi connectivity index (χ4n) is 2.13. The molecule has 0 aliphatic carbocycles. The van der Waals surface area contributed by atoms with Crippen molar-refractivity contribution >= 4 is 22.7 Å². The fraction of sp³-hybridized carbons (Fsp3) is 0.222. The number of nitrogens with two attached hydrogens (primary N) is 2. The molecule has 0 radical (unpaired) electrons. The van der Waals surface area contributed by atoms with Gasteiger partial charge in [0.2, 0.25) is 0 Å². The zero-order chi connectivity index (χ0) is 15.6. The van der Waals surface area contributed by atoms with Gasteiger partial charge in [0.25, 0.3) is 0 Å². The summed E-state index contributed by atoms with van der Waals surface area (Å²) in [6.45, 7) is 1.76. The van der Waals surface area contributed by atoms with Gasteiger partial charge < -0.3 is 22.1 Å². The van der Waals surface area contributed by atoms with Crippen LogP contribution in [0.4, 0.5) is 22.7 Å². The first-order valence-corrected chi connectivity index (χ1v) is 7.59. The molecule has 4 heteroatoms. The highest BCUT2D eigenvalue weighted by atomic mass is 14.9. The molecule has 116 valence electrons. The van der Waals surface area contributed by atoms with Crippen LogP contribution in [0.1, 0.15) is 12.8 Å². The summed E-state index contributed by atoms with van der Waals surface area (Å²) < 4.78 is 0. The van der Waals surface area contributed by atoms with Crippen molar-refractivity contribution < 1.29 is 0 Å². The molecule has 0 unspecified atom stereocenters. The number of rotatable bonds is 8. The quantitative estimate of drug-likeness (QED) is 0.340. The Kier molecular flexibility index (Phi) is 6.18. The van der Waals surface area contributed by atoms with Gasteiger partial charge in [-0.05, 0) is 37.1 Å². The second-order valence-corrected chi connectivity index (χ2v) is 5.08. The SMILES string of the molecule is Nc1ccccc1NCC/C=C/CCNc1ccccc1N. The standard InChI is InChI=1S/C18H24N4/c19-15-9-3-5-11-17(15)21-13-7-1-2-8-14-22-18-12-6-4-10-16(18)20/h1-6,9-12,21-22H,7-8,13-14,19-20H2/b2-1+. The maximum absolute atomic E-state index is 5.87. The third-order valence-corrected chi connectivity index (χ3v) is 3.34. The average Bonchev–Trinajstić information content (AvgIpc) is 2.53. The highest BCUT2D eigenvalue weighted by molar-refractivity contribution is 5.66. The fourth-order valence-corrected chi connectivity index (χ4v) is 2.13. The molecule has 0 spiro atoms. The molecule has 0 amide bonds. The number of nitrogens with one attached hydrogen (secondary N) is 2. The molecule has 0 fully saturated rings.